The van der Waals surface area contributed by atoms with Gasteiger partial charge in [-0.1, -0.05) is 0 Å². The number of nitrogens with zero attached hydrogens (tertiary/aromatic N) is 2. The van der Waals surface area contributed by atoms with Crippen LogP contribution in [0, 0.1) is 11.9 Å². The van der Waals surface area contributed by atoms with Crippen LogP contribution in [0.15, 0.2) is 18.3 Å². The zero-order valence-corrected chi connectivity index (χ0v) is 10.7. The van der Waals surface area contributed by atoms with Gasteiger partial charge < -0.3 is 10.2 Å². The van der Waals surface area contributed by atoms with Crippen molar-refractivity contribution in [1.82, 2.24) is 15.2 Å². The van der Waals surface area contributed by atoms with Gasteiger partial charge in [0.05, 0.1) is 11.5 Å². The Hall–Kier alpha value is -1.98. The number of aromatic nitrogens is 1. The van der Waals surface area contributed by atoms with Crippen LogP contribution in [-0.4, -0.2) is 41.8 Å². The van der Waals surface area contributed by atoms with Crippen molar-refractivity contribution in [2.24, 2.45) is 5.92 Å². The molecule has 19 heavy (non-hydrogen) atoms. The first-order valence-electron chi connectivity index (χ1n) is 6.24. The molecule has 2 amide bonds. The van der Waals surface area contributed by atoms with Crippen LogP contribution in [-0.2, 0) is 4.79 Å². The summed E-state index contributed by atoms with van der Waals surface area (Å²) in [4.78, 5) is 28.9. The largest absolute Gasteiger partial charge is 0.359 e. The lowest BCUT2D eigenvalue weighted by atomic mass is 9.96. The van der Waals surface area contributed by atoms with E-state index in [1.165, 1.54) is 12.3 Å². The summed E-state index contributed by atoms with van der Waals surface area (Å²) in [6.45, 7) is 1.01. The van der Waals surface area contributed by atoms with Gasteiger partial charge in [0.25, 0.3) is 5.91 Å². The summed E-state index contributed by atoms with van der Waals surface area (Å²) in [5.74, 6) is -1.04. The number of carbonyl (C=O) groups is 2. The number of hydrogen-bond donors (Lipinski definition) is 1. The summed E-state index contributed by atoms with van der Waals surface area (Å²) in [6, 6.07) is 2.57. The fraction of sp³-hybridized carbons (Fsp3) is 0.462. The molecule has 2 rings (SSSR count). The lowest BCUT2D eigenvalue weighted by Gasteiger charge is -2.31. The Morgan fingerprint density at radius 2 is 2.26 bits per heavy atom. The molecule has 1 N–H and O–H groups in total. The molecule has 1 aliphatic rings. The first kappa shape index (κ1) is 13.5. The van der Waals surface area contributed by atoms with E-state index < -0.39 is 5.95 Å². The number of nitrogens with one attached hydrogen (secondary N) is 1. The Balaban J connectivity index is 2.06. The Morgan fingerprint density at radius 3 is 2.89 bits per heavy atom. The van der Waals surface area contributed by atoms with Crippen molar-refractivity contribution < 1.29 is 14.0 Å². The van der Waals surface area contributed by atoms with Crippen LogP contribution in [0.4, 0.5) is 4.39 Å². The lowest BCUT2D eigenvalue weighted by Crippen LogP contribution is -2.44. The van der Waals surface area contributed by atoms with Crippen molar-refractivity contribution in [2.45, 2.75) is 12.8 Å². The summed E-state index contributed by atoms with van der Waals surface area (Å²) in [6.07, 6.45) is 2.80. The highest BCUT2D eigenvalue weighted by Crippen LogP contribution is 2.18. The molecule has 0 aromatic carbocycles. The Bertz CT molecular complexity index is 475. The Labute approximate surface area is 110 Å². The maximum Gasteiger partial charge on any atom is 0.255 e. The first-order chi connectivity index (χ1) is 9.11. The van der Waals surface area contributed by atoms with E-state index >= 15 is 0 Å². The number of rotatable bonds is 2. The molecule has 0 radical (unpaired) electrons. The standard InChI is InChI=1S/C13H16FN3O2/c1-15-12(18)10-3-2-6-17(8-10)13(19)9-4-5-11(14)16-7-9/h4-5,7,10H,2-3,6,8H2,1H3,(H,15,18). The molecule has 5 nitrogen and oxygen atoms in total. The molecule has 1 fully saturated rings. The summed E-state index contributed by atoms with van der Waals surface area (Å²) in [5.41, 5.74) is 0.346. The number of hydrogen-bond acceptors (Lipinski definition) is 3. The molecule has 102 valence electrons. The topological polar surface area (TPSA) is 62.3 Å². The smallest absolute Gasteiger partial charge is 0.255 e. The molecule has 6 heteroatoms. The van der Waals surface area contributed by atoms with Crippen molar-refractivity contribution in [2.75, 3.05) is 20.1 Å². The molecule has 1 unspecified atom stereocenters. The summed E-state index contributed by atoms with van der Waals surface area (Å²) >= 11 is 0. The van der Waals surface area contributed by atoms with Crippen LogP contribution < -0.4 is 5.32 Å². The van der Waals surface area contributed by atoms with Crippen molar-refractivity contribution in [1.29, 1.82) is 0 Å². The Kier molecular flexibility index (Phi) is 4.09. The fourth-order valence-electron chi connectivity index (χ4n) is 2.26. The molecule has 0 spiro atoms. The van der Waals surface area contributed by atoms with E-state index in [9.17, 15) is 14.0 Å². The fourth-order valence-corrected chi connectivity index (χ4v) is 2.26. The number of piperidine rings is 1. The minimum Gasteiger partial charge on any atom is -0.359 e. The monoisotopic (exact) mass is 265 g/mol. The van der Waals surface area contributed by atoms with Crippen LogP contribution in [0.5, 0.6) is 0 Å². The van der Waals surface area contributed by atoms with Gasteiger partial charge in [-0.15, -0.1) is 0 Å². The highest BCUT2D eigenvalue weighted by atomic mass is 19.1. The van der Waals surface area contributed by atoms with Crippen molar-refractivity contribution in [3.63, 3.8) is 0 Å². The number of halogens is 1. The van der Waals surface area contributed by atoms with Crippen LogP contribution in [0.2, 0.25) is 0 Å². The number of likely N-dealkylation sites (tertiary alicyclic amines) is 1. The van der Waals surface area contributed by atoms with Gasteiger partial charge in [-0.05, 0) is 25.0 Å². The summed E-state index contributed by atoms with van der Waals surface area (Å²) in [5, 5.41) is 2.60. The van der Waals surface area contributed by atoms with E-state index in [1.54, 1.807) is 11.9 Å². The number of carbonyl (C=O) groups excluding carboxylic acids is 2. The zero-order chi connectivity index (χ0) is 13.8. The molecule has 2 heterocycles. The minimum absolute atomic E-state index is 0.0465. The second-order valence-corrected chi connectivity index (χ2v) is 4.57. The van der Waals surface area contributed by atoms with Crippen molar-refractivity contribution in [3.8, 4) is 0 Å². The maximum atomic E-state index is 12.7. The number of amides is 2. The van der Waals surface area contributed by atoms with Gasteiger partial charge in [-0.2, -0.15) is 4.39 Å². The predicted molar refractivity (Wildman–Crippen MR) is 66.9 cm³/mol. The molecule has 1 aromatic rings. The van der Waals surface area contributed by atoms with Gasteiger partial charge in [0.15, 0.2) is 0 Å². The second-order valence-electron chi connectivity index (χ2n) is 4.57. The second kappa shape index (κ2) is 5.77. The van der Waals surface area contributed by atoms with Crippen LogP contribution >= 0.6 is 0 Å². The molecule has 0 saturated carbocycles. The van der Waals surface area contributed by atoms with Gasteiger partial charge in [-0.25, -0.2) is 4.98 Å². The van der Waals surface area contributed by atoms with E-state index in [-0.39, 0.29) is 17.7 Å². The maximum absolute atomic E-state index is 12.7. The minimum atomic E-state index is -0.613. The van der Waals surface area contributed by atoms with E-state index in [4.69, 9.17) is 0 Å². The molecule has 0 aliphatic carbocycles. The third kappa shape index (κ3) is 3.07. The lowest BCUT2D eigenvalue weighted by molar-refractivity contribution is -0.125. The Morgan fingerprint density at radius 1 is 1.47 bits per heavy atom. The van der Waals surface area contributed by atoms with Gasteiger partial charge in [-0.3, -0.25) is 9.59 Å². The highest BCUT2D eigenvalue weighted by molar-refractivity contribution is 5.94. The molecular weight excluding hydrogens is 249 g/mol. The quantitative estimate of drug-likeness (QED) is 0.805. The average Bonchev–Trinajstić information content (AvgIpc) is 2.46. The first-order valence-corrected chi connectivity index (χ1v) is 6.24. The van der Waals surface area contributed by atoms with Gasteiger partial charge in [0, 0.05) is 26.3 Å². The third-order valence-corrected chi connectivity index (χ3v) is 3.30. The SMILES string of the molecule is CNC(=O)C1CCCN(C(=O)c2ccc(F)nc2)C1. The van der Waals surface area contributed by atoms with Gasteiger partial charge >= 0.3 is 0 Å². The molecule has 1 aromatic heterocycles. The van der Waals surface area contributed by atoms with E-state index in [2.05, 4.69) is 10.3 Å². The van der Waals surface area contributed by atoms with E-state index in [0.29, 0.717) is 18.7 Å². The van der Waals surface area contributed by atoms with E-state index in [1.807, 2.05) is 0 Å². The van der Waals surface area contributed by atoms with E-state index in [0.717, 1.165) is 18.9 Å². The number of pyridine rings is 1. The highest BCUT2D eigenvalue weighted by Gasteiger charge is 2.28. The van der Waals surface area contributed by atoms with Crippen molar-refractivity contribution in [3.05, 3.63) is 29.8 Å². The normalized spacial score (nSPS) is 19.1. The van der Waals surface area contributed by atoms with Crippen LogP contribution in [0.1, 0.15) is 23.2 Å². The molecule has 1 atom stereocenters. The van der Waals surface area contributed by atoms with Crippen LogP contribution in [0.25, 0.3) is 0 Å². The average molecular weight is 265 g/mol. The van der Waals surface area contributed by atoms with Gasteiger partial charge in [0.2, 0.25) is 11.9 Å². The molecule has 1 aliphatic heterocycles. The zero-order valence-electron chi connectivity index (χ0n) is 10.7. The summed E-state index contributed by atoms with van der Waals surface area (Å²) < 4.78 is 12.7. The third-order valence-electron chi connectivity index (χ3n) is 3.30. The molecule has 0 bridgehead atoms. The summed E-state index contributed by atoms with van der Waals surface area (Å²) in [7, 11) is 1.59. The van der Waals surface area contributed by atoms with Crippen molar-refractivity contribution >= 4 is 11.8 Å². The van der Waals surface area contributed by atoms with Gasteiger partial charge in [0.1, 0.15) is 0 Å². The van der Waals surface area contributed by atoms with Crippen LogP contribution in [0.3, 0.4) is 0 Å². The predicted octanol–water partition coefficient (Wildman–Crippen LogP) is 0.819. The molecular formula is C13H16FN3O2. The molecule has 1 saturated heterocycles.